The third-order valence-corrected chi connectivity index (χ3v) is 6.54. The summed E-state index contributed by atoms with van der Waals surface area (Å²) in [6, 6.07) is 16.2. The van der Waals surface area contributed by atoms with Crippen LogP contribution in [-0.2, 0) is 16.1 Å². The number of carbonyl (C=O) groups is 1. The van der Waals surface area contributed by atoms with Crippen molar-refractivity contribution in [1.29, 1.82) is 0 Å². The van der Waals surface area contributed by atoms with Crippen molar-refractivity contribution >= 4 is 46.1 Å². The molecule has 4 rings (SSSR count). The predicted molar refractivity (Wildman–Crippen MR) is 135 cm³/mol. The van der Waals surface area contributed by atoms with Crippen molar-refractivity contribution in [3.8, 4) is 0 Å². The van der Waals surface area contributed by atoms with Crippen molar-refractivity contribution in [3.05, 3.63) is 87.7 Å². The number of piperidine rings is 1. The van der Waals surface area contributed by atoms with Crippen LogP contribution in [0.15, 0.2) is 66.4 Å². The Bertz CT molecular complexity index is 1120. The Hall–Kier alpha value is -2.73. The second-order valence-electron chi connectivity index (χ2n) is 8.18. The van der Waals surface area contributed by atoms with Crippen molar-refractivity contribution in [3.63, 3.8) is 0 Å². The molecule has 0 unspecified atom stereocenters. The number of rotatable bonds is 7. The number of amides is 1. The fourth-order valence-corrected chi connectivity index (χ4v) is 4.38. The van der Waals surface area contributed by atoms with E-state index in [9.17, 15) is 4.79 Å². The molecular weight excluding hydrogens is 457 g/mol. The lowest BCUT2D eigenvalue weighted by atomic mass is 10.0. The highest BCUT2D eigenvalue weighted by atomic mass is 35.5. The van der Waals surface area contributed by atoms with Crippen LogP contribution in [0.1, 0.15) is 24.1 Å². The average Bonchev–Trinajstić information content (AvgIpc) is 3.20. The van der Waals surface area contributed by atoms with Gasteiger partial charge in [0.1, 0.15) is 0 Å². The minimum absolute atomic E-state index is 0.148. The van der Waals surface area contributed by atoms with E-state index in [1.165, 1.54) is 12.7 Å². The largest absolute Gasteiger partial charge is 0.491 e. The molecule has 1 aliphatic heterocycles. The van der Waals surface area contributed by atoms with Crippen LogP contribution >= 0.6 is 23.2 Å². The molecule has 1 aliphatic rings. The summed E-state index contributed by atoms with van der Waals surface area (Å²) in [5, 5.41) is 5.10. The van der Waals surface area contributed by atoms with Gasteiger partial charge in [-0.2, -0.15) is 0 Å². The molecule has 0 spiro atoms. The van der Waals surface area contributed by atoms with Crippen molar-refractivity contribution in [1.82, 2.24) is 15.2 Å². The molecule has 1 fully saturated rings. The molecule has 1 aromatic heterocycles. The summed E-state index contributed by atoms with van der Waals surface area (Å²) in [7, 11) is 1.51. The first-order chi connectivity index (χ1) is 16.0. The van der Waals surface area contributed by atoms with Gasteiger partial charge in [0.15, 0.2) is 5.76 Å². The fourth-order valence-electron chi connectivity index (χ4n) is 4.05. The summed E-state index contributed by atoms with van der Waals surface area (Å²) >= 11 is 12.2. The highest BCUT2D eigenvalue weighted by Crippen LogP contribution is 2.28. The number of allylic oxidation sites excluding steroid dienone is 2. The number of hydrogen-bond donors (Lipinski definition) is 2. The second-order valence-corrected chi connectivity index (χ2v) is 9.00. The number of nitrogens with zero attached hydrogens (tertiary/aromatic N) is 1. The molecule has 5 nitrogen and oxygen atoms in total. The smallest absolute Gasteiger partial charge is 0.286 e. The first kappa shape index (κ1) is 23.4. The number of fused-ring (bicyclic) bond motifs is 1. The van der Waals surface area contributed by atoms with Gasteiger partial charge in [0.25, 0.3) is 5.91 Å². The second kappa shape index (κ2) is 10.9. The molecule has 172 valence electrons. The van der Waals surface area contributed by atoms with Gasteiger partial charge in [-0.3, -0.25) is 9.69 Å². The number of aromatic amines is 1. The zero-order valence-corrected chi connectivity index (χ0v) is 20.0. The lowest BCUT2D eigenvalue weighted by Crippen LogP contribution is -2.44. The van der Waals surface area contributed by atoms with E-state index in [2.05, 4.69) is 39.5 Å². The number of likely N-dealkylation sites (tertiary alicyclic amines) is 1. The molecule has 7 heteroatoms. The lowest BCUT2D eigenvalue weighted by molar-refractivity contribution is -0.121. The average molecular weight is 484 g/mol. The highest BCUT2D eigenvalue weighted by molar-refractivity contribution is 6.42. The molecule has 3 aromatic rings. The van der Waals surface area contributed by atoms with Crippen LogP contribution in [0.5, 0.6) is 0 Å². The number of aromatic nitrogens is 1. The summed E-state index contributed by atoms with van der Waals surface area (Å²) < 4.78 is 5.32. The fraction of sp³-hybridized carbons (Fsp3) is 0.269. The number of nitrogens with one attached hydrogen (secondary N) is 2. The monoisotopic (exact) mass is 483 g/mol. The van der Waals surface area contributed by atoms with Gasteiger partial charge in [-0.05, 0) is 48.8 Å². The molecule has 1 amide bonds. The summed E-state index contributed by atoms with van der Waals surface area (Å²) in [5.41, 5.74) is 3.09. The van der Waals surface area contributed by atoms with E-state index in [4.69, 9.17) is 27.9 Å². The summed E-state index contributed by atoms with van der Waals surface area (Å²) in [5.74, 6) is 0.0824. The number of halogens is 2. The van der Waals surface area contributed by atoms with Crippen molar-refractivity contribution in [2.24, 2.45) is 0 Å². The van der Waals surface area contributed by atoms with Crippen LogP contribution < -0.4 is 5.32 Å². The Morgan fingerprint density at radius 3 is 2.61 bits per heavy atom. The maximum Gasteiger partial charge on any atom is 0.286 e. The van der Waals surface area contributed by atoms with Gasteiger partial charge >= 0.3 is 0 Å². The number of carbonyl (C=O) groups excluding carboxylic acids is 1. The zero-order chi connectivity index (χ0) is 23.2. The van der Waals surface area contributed by atoms with E-state index in [0.29, 0.717) is 10.0 Å². The Kier molecular flexibility index (Phi) is 7.76. The summed E-state index contributed by atoms with van der Waals surface area (Å²) in [6.45, 7) is 2.86. The van der Waals surface area contributed by atoms with Crippen LogP contribution in [0.25, 0.3) is 17.0 Å². The predicted octanol–water partition coefficient (Wildman–Crippen LogP) is 5.80. The van der Waals surface area contributed by atoms with Gasteiger partial charge < -0.3 is 15.0 Å². The van der Waals surface area contributed by atoms with Crippen LogP contribution in [0.3, 0.4) is 0 Å². The van der Waals surface area contributed by atoms with Crippen LogP contribution in [-0.4, -0.2) is 42.0 Å². The molecule has 2 heterocycles. The third kappa shape index (κ3) is 6.20. The Morgan fingerprint density at radius 2 is 1.88 bits per heavy atom. The standard InChI is InChI=1S/C26H27Cl2N3O2/c1-33-25(9-5-8-21-14-19-15-22(27)23(28)16-24(19)29-21)26(32)30-20-10-12-31(13-11-20)17-18-6-3-2-4-7-18/h2-9,14-16,20,29H,10-13,17H2,1H3,(H,30,32). The number of ether oxygens (including phenoxy) is 1. The third-order valence-electron chi connectivity index (χ3n) is 5.82. The topological polar surface area (TPSA) is 57.4 Å². The van der Waals surface area contributed by atoms with Gasteiger partial charge in [-0.1, -0.05) is 59.6 Å². The Morgan fingerprint density at radius 1 is 1.15 bits per heavy atom. The molecule has 0 radical (unpaired) electrons. The van der Waals surface area contributed by atoms with Crippen LogP contribution in [0.2, 0.25) is 10.0 Å². The highest BCUT2D eigenvalue weighted by Gasteiger charge is 2.22. The maximum atomic E-state index is 12.7. The van der Waals surface area contributed by atoms with Gasteiger partial charge in [0.2, 0.25) is 0 Å². The lowest BCUT2D eigenvalue weighted by Gasteiger charge is -2.32. The van der Waals surface area contributed by atoms with Gasteiger partial charge in [-0.25, -0.2) is 0 Å². The molecule has 2 aromatic carbocycles. The molecule has 1 saturated heterocycles. The summed E-state index contributed by atoms with van der Waals surface area (Å²) in [6.07, 6.45) is 7.17. The number of methoxy groups -OCH3 is 1. The van der Waals surface area contributed by atoms with E-state index in [-0.39, 0.29) is 17.7 Å². The van der Waals surface area contributed by atoms with Crippen LogP contribution in [0, 0.1) is 0 Å². The molecule has 2 N–H and O–H groups in total. The molecule has 0 aliphatic carbocycles. The van der Waals surface area contributed by atoms with E-state index < -0.39 is 0 Å². The SMILES string of the molecule is COC(=CC=Cc1cc2cc(Cl)c(Cl)cc2[nH]1)C(=O)NC1CCN(Cc2ccccc2)CC1. The van der Waals surface area contributed by atoms with Crippen LogP contribution in [0.4, 0.5) is 0 Å². The zero-order valence-electron chi connectivity index (χ0n) is 18.5. The van der Waals surface area contributed by atoms with Crippen molar-refractivity contribution < 1.29 is 9.53 Å². The number of hydrogen-bond acceptors (Lipinski definition) is 3. The molecular formula is C26H27Cl2N3O2. The first-order valence-electron chi connectivity index (χ1n) is 11.0. The van der Waals surface area contributed by atoms with Crippen molar-refractivity contribution in [2.45, 2.75) is 25.4 Å². The van der Waals surface area contributed by atoms with E-state index in [1.54, 1.807) is 18.2 Å². The summed E-state index contributed by atoms with van der Waals surface area (Å²) in [4.78, 5) is 18.4. The van der Waals surface area contributed by atoms with Gasteiger partial charge in [0, 0.05) is 42.3 Å². The first-order valence-corrected chi connectivity index (χ1v) is 11.7. The van der Waals surface area contributed by atoms with E-state index in [0.717, 1.165) is 49.1 Å². The number of H-pyrrole nitrogens is 1. The quantitative estimate of drug-likeness (QED) is 0.253. The minimum atomic E-state index is -0.195. The minimum Gasteiger partial charge on any atom is -0.491 e. The maximum absolute atomic E-state index is 12.7. The Labute approximate surface area is 204 Å². The van der Waals surface area contributed by atoms with E-state index >= 15 is 0 Å². The molecule has 33 heavy (non-hydrogen) atoms. The Balaban J connectivity index is 1.31. The normalized spacial score (nSPS) is 15.9. The van der Waals surface area contributed by atoms with E-state index in [1.807, 2.05) is 24.3 Å². The molecule has 0 bridgehead atoms. The van der Waals surface area contributed by atoms with Gasteiger partial charge in [0.05, 0.1) is 17.2 Å². The number of benzene rings is 2. The molecule has 0 atom stereocenters. The molecule has 0 saturated carbocycles. The van der Waals surface area contributed by atoms with Gasteiger partial charge in [-0.15, -0.1) is 0 Å². The van der Waals surface area contributed by atoms with Crippen molar-refractivity contribution in [2.75, 3.05) is 20.2 Å².